The van der Waals surface area contributed by atoms with Crippen molar-refractivity contribution in [3.05, 3.63) is 6.92 Å². The van der Waals surface area contributed by atoms with E-state index in [1.54, 1.807) is 0 Å². The van der Waals surface area contributed by atoms with Crippen molar-refractivity contribution in [3.8, 4) is 0 Å². The molecule has 1 atom stereocenters. The van der Waals surface area contributed by atoms with Gasteiger partial charge in [-0.3, -0.25) is 4.79 Å². The van der Waals surface area contributed by atoms with Gasteiger partial charge in [0.2, 0.25) is 0 Å². The number of unbranched alkanes of at least 4 members (excludes halogenated alkanes) is 2. The SMILES string of the molecule is [CH2][C@@H](CC)OC(=O)CCCCC. The first-order chi connectivity index (χ1) is 5.70. The van der Waals surface area contributed by atoms with Gasteiger partial charge in [0.25, 0.3) is 0 Å². The number of ether oxygens (including phenoxy) is 1. The molecule has 0 saturated heterocycles. The van der Waals surface area contributed by atoms with Gasteiger partial charge in [-0.2, -0.15) is 0 Å². The lowest BCUT2D eigenvalue weighted by Gasteiger charge is -2.09. The molecule has 0 aromatic heterocycles. The monoisotopic (exact) mass is 171 g/mol. The van der Waals surface area contributed by atoms with Gasteiger partial charge in [0.1, 0.15) is 6.10 Å². The van der Waals surface area contributed by atoms with E-state index >= 15 is 0 Å². The van der Waals surface area contributed by atoms with Crippen LogP contribution in [0.25, 0.3) is 0 Å². The van der Waals surface area contributed by atoms with Crippen LogP contribution in [-0.4, -0.2) is 12.1 Å². The van der Waals surface area contributed by atoms with Crippen LogP contribution >= 0.6 is 0 Å². The highest BCUT2D eigenvalue weighted by molar-refractivity contribution is 5.69. The molecule has 0 unspecified atom stereocenters. The van der Waals surface area contributed by atoms with Crippen molar-refractivity contribution in [1.82, 2.24) is 0 Å². The van der Waals surface area contributed by atoms with Gasteiger partial charge in [-0.15, -0.1) is 0 Å². The lowest BCUT2D eigenvalue weighted by molar-refractivity contribution is -0.147. The molecule has 2 heteroatoms. The first-order valence-corrected chi connectivity index (χ1v) is 4.73. The van der Waals surface area contributed by atoms with Gasteiger partial charge < -0.3 is 4.74 Å². The molecule has 0 heterocycles. The molecule has 0 aliphatic carbocycles. The molecule has 0 saturated carbocycles. The van der Waals surface area contributed by atoms with Crippen molar-refractivity contribution < 1.29 is 9.53 Å². The molecule has 0 aromatic carbocycles. The van der Waals surface area contributed by atoms with Crippen LogP contribution in [0.4, 0.5) is 0 Å². The average Bonchev–Trinajstić information content (AvgIpc) is 2.05. The third-order valence-electron chi connectivity index (χ3n) is 1.74. The van der Waals surface area contributed by atoms with Crippen LogP contribution in [0, 0.1) is 6.92 Å². The lowest BCUT2D eigenvalue weighted by Crippen LogP contribution is -2.13. The number of rotatable bonds is 6. The molecule has 12 heavy (non-hydrogen) atoms. The van der Waals surface area contributed by atoms with E-state index in [2.05, 4.69) is 13.8 Å². The Hall–Kier alpha value is -0.530. The quantitative estimate of drug-likeness (QED) is 0.453. The summed E-state index contributed by atoms with van der Waals surface area (Å²) in [5.41, 5.74) is 0. The van der Waals surface area contributed by atoms with Crippen LogP contribution in [0.1, 0.15) is 46.0 Å². The van der Waals surface area contributed by atoms with E-state index in [1.807, 2.05) is 6.92 Å². The second kappa shape index (κ2) is 7.14. The Morgan fingerprint density at radius 3 is 2.58 bits per heavy atom. The van der Waals surface area contributed by atoms with Crippen molar-refractivity contribution in [3.63, 3.8) is 0 Å². The first-order valence-electron chi connectivity index (χ1n) is 4.73. The molecule has 0 rings (SSSR count). The van der Waals surface area contributed by atoms with E-state index in [4.69, 9.17) is 4.74 Å². The number of hydrogen-bond acceptors (Lipinski definition) is 2. The Kier molecular flexibility index (Phi) is 6.82. The van der Waals surface area contributed by atoms with Crippen molar-refractivity contribution in [2.75, 3.05) is 0 Å². The van der Waals surface area contributed by atoms with Gasteiger partial charge in [0, 0.05) is 6.42 Å². The topological polar surface area (TPSA) is 26.3 Å². The molecule has 2 nitrogen and oxygen atoms in total. The van der Waals surface area contributed by atoms with Crippen LogP contribution < -0.4 is 0 Å². The van der Waals surface area contributed by atoms with E-state index in [-0.39, 0.29) is 12.1 Å². The minimum Gasteiger partial charge on any atom is -0.462 e. The highest BCUT2D eigenvalue weighted by Crippen LogP contribution is 2.03. The van der Waals surface area contributed by atoms with Gasteiger partial charge >= 0.3 is 5.97 Å². The zero-order valence-electron chi connectivity index (χ0n) is 8.14. The molecule has 71 valence electrons. The van der Waals surface area contributed by atoms with E-state index < -0.39 is 0 Å². The summed E-state index contributed by atoms with van der Waals surface area (Å²) in [7, 11) is 0. The van der Waals surface area contributed by atoms with Gasteiger partial charge in [-0.1, -0.05) is 26.7 Å². The predicted octanol–water partition coefficient (Wildman–Crippen LogP) is 2.72. The Morgan fingerprint density at radius 1 is 1.42 bits per heavy atom. The smallest absolute Gasteiger partial charge is 0.306 e. The van der Waals surface area contributed by atoms with Crippen LogP contribution in [-0.2, 0) is 9.53 Å². The van der Waals surface area contributed by atoms with E-state index in [0.717, 1.165) is 25.7 Å². The normalized spacial score (nSPS) is 12.6. The molecular weight excluding hydrogens is 152 g/mol. The second-order valence-electron chi connectivity index (χ2n) is 2.98. The molecule has 0 spiro atoms. The molecule has 0 aliphatic rings. The summed E-state index contributed by atoms with van der Waals surface area (Å²) < 4.78 is 5.00. The van der Waals surface area contributed by atoms with Crippen molar-refractivity contribution in [2.45, 2.75) is 52.1 Å². The van der Waals surface area contributed by atoms with Crippen LogP contribution in [0.5, 0.6) is 0 Å². The zero-order chi connectivity index (χ0) is 9.40. The first kappa shape index (κ1) is 11.5. The van der Waals surface area contributed by atoms with Gasteiger partial charge in [0.05, 0.1) is 0 Å². The van der Waals surface area contributed by atoms with E-state index in [0.29, 0.717) is 6.42 Å². The predicted molar refractivity (Wildman–Crippen MR) is 49.7 cm³/mol. The third-order valence-corrected chi connectivity index (χ3v) is 1.74. The molecule has 1 radical (unpaired) electrons. The standard InChI is InChI=1S/C10H19O2/c1-4-6-7-8-10(11)12-9(3)5-2/h9H,3-8H2,1-2H3/t9-/m0/s1. The number of hydrogen-bond donors (Lipinski definition) is 0. The summed E-state index contributed by atoms with van der Waals surface area (Å²) >= 11 is 0. The lowest BCUT2D eigenvalue weighted by atomic mass is 10.2. The average molecular weight is 171 g/mol. The maximum atomic E-state index is 11.0. The minimum atomic E-state index is -0.167. The van der Waals surface area contributed by atoms with Gasteiger partial charge in [-0.25, -0.2) is 0 Å². The van der Waals surface area contributed by atoms with Crippen molar-refractivity contribution >= 4 is 5.97 Å². The maximum absolute atomic E-state index is 11.0. The van der Waals surface area contributed by atoms with Crippen LogP contribution in [0.15, 0.2) is 0 Å². The molecule has 0 fully saturated rings. The van der Waals surface area contributed by atoms with Crippen LogP contribution in [0.3, 0.4) is 0 Å². The summed E-state index contributed by atoms with van der Waals surface area (Å²) in [6.07, 6.45) is 4.34. The fraction of sp³-hybridized carbons (Fsp3) is 0.800. The Morgan fingerprint density at radius 2 is 2.08 bits per heavy atom. The largest absolute Gasteiger partial charge is 0.462 e. The summed E-state index contributed by atoms with van der Waals surface area (Å²) in [5, 5.41) is 0. The fourth-order valence-electron chi connectivity index (χ4n) is 0.847. The van der Waals surface area contributed by atoms with E-state index in [9.17, 15) is 4.79 Å². The van der Waals surface area contributed by atoms with E-state index in [1.165, 1.54) is 0 Å². The van der Waals surface area contributed by atoms with Gasteiger partial charge in [0.15, 0.2) is 0 Å². The minimum absolute atomic E-state index is 0.106. The summed E-state index contributed by atoms with van der Waals surface area (Å²) in [6, 6.07) is 0. The zero-order valence-corrected chi connectivity index (χ0v) is 8.14. The van der Waals surface area contributed by atoms with Crippen molar-refractivity contribution in [1.29, 1.82) is 0 Å². The highest BCUT2D eigenvalue weighted by Gasteiger charge is 2.06. The summed E-state index contributed by atoms with van der Waals surface area (Å²) in [6.45, 7) is 7.75. The number of esters is 1. The molecule has 0 aromatic rings. The number of carbonyl (C=O) groups is 1. The maximum Gasteiger partial charge on any atom is 0.306 e. The Bertz CT molecular complexity index is 121. The fourth-order valence-corrected chi connectivity index (χ4v) is 0.847. The third kappa shape index (κ3) is 6.20. The molecule has 0 bridgehead atoms. The Balaban J connectivity index is 3.33. The second-order valence-corrected chi connectivity index (χ2v) is 2.98. The molecule has 0 N–H and O–H groups in total. The molecule has 0 amide bonds. The Labute approximate surface area is 75.3 Å². The van der Waals surface area contributed by atoms with Gasteiger partial charge in [-0.05, 0) is 19.8 Å². The highest BCUT2D eigenvalue weighted by atomic mass is 16.5. The van der Waals surface area contributed by atoms with Crippen LogP contribution in [0.2, 0.25) is 0 Å². The van der Waals surface area contributed by atoms with Crippen molar-refractivity contribution in [2.24, 2.45) is 0 Å². The summed E-state index contributed by atoms with van der Waals surface area (Å²) in [4.78, 5) is 11.0. The molecular formula is C10H19O2. The molecule has 0 aliphatic heterocycles. The summed E-state index contributed by atoms with van der Waals surface area (Å²) in [5.74, 6) is -0.106. The number of carbonyl (C=O) groups excluding carboxylic acids is 1.